The van der Waals surface area contributed by atoms with Crippen molar-refractivity contribution in [2.24, 2.45) is 0 Å². The van der Waals surface area contributed by atoms with Crippen LogP contribution in [0.2, 0.25) is 5.02 Å². The standard InChI is InChI=1S/C18H17ClF3N5/c1-11-9-14-15(10-13(11)19)25-17(24-14)27-7-5-26(6-8-27)16-12(18(20,21)22)3-2-4-23-16/h2-4,9-10H,5-8H2,1H3,(H,24,25). The molecule has 0 saturated carbocycles. The predicted octanol–water partition coefficient (Wildman–Crippen LogP) is 4.27. The number of alkyl halides is 3. The first-order valence-corrected chi connectivity index (χ1v) is 8.89. The molecule has 0 unspecified atom stereocenters. The fourth-order valence-electron chi connectivity index (χ4n) is 3.27. The third-order valence-electron chi connectivity index (χ3n) is 4.72. The largest absolute Gasteiger partial charge is 0.419 e. The Morgan fingerprint density at radius 1 is 1.11 bits per heavy atom. The molecule has 5 nitrogen and oxygen atoms in total. The van der Waals surface area contributed by atoms with Crippen molar-refractivity contribution >= 4 is 34.4 Å². The van der Waals surface area contributed by atoms with Gasteiger partial charge in [0.25, 0.3) is 0 Å². The SMILES string of the molecule is Cc1cc2nc(N3CCN(c4ncccc4C(F)(F)F)CC3)[nH]c2cc1Cl. The summed E-state index contributed by atoms with van der Waals surface area (Å²) in [5, 5.41) is 0.664. The van der Waals surface area contributed by atoms with Crippen LogP contribution in [0, 0.1) is 6.92 Å². The number of anilines is 2. The lowest BCUT2D eigenvalue weighted by Gasteiger charge is -2.36. The Kier molecular flexibility index (Phi) is 4.38. The van der Waals surface area contributed by atoms with Crippen molar-refractivity contribution in [1.29, 1.82) is 0 Å². The molecule has 9 heteroatoms. The summed E-state index contributed by atoms with van der Waals surface area (Å²) in [4.78, 5) is 15.5. The first-order chi connectivity index (χ1) is 12.8. The van der Waals surface area contributed by atoms with E-state index in [1.54, 1.807) is 4.90 Å². The summed E-state index contributed by atoms with van der Waals surface area (Å²) in [5.74, 6) is 0.681. The average molecular weight is 396 g/mol. The van der Waals surface area contributed by atoms with Crippen molar-refractivity contribution in [1.82, 2.24) is 15.0 Å². The number of piperazine rings is 1. The molecule has 1 aliphatic rings. The third-order valence-corrected chi connectivity index (χ3v) is 5.13. The lowest BCUT2D eigenvalue weighted by Crippen LogP contribution is -2.47. The Bertz CT molecular complexity index is 938. The number of benzene rings is 1. The molecule has 0 bridgehead atoms. The zero-order valence-electron chi connectivity index (χ0n) is 14.5. The summed E-state index contributed by atoms with van der Waals surface area (Å²) in [6.45, 7) is 3.86. The van der Waals surface area contributed by atoms with Crippen molar-refractivity contribution in [2.75, 3.05) is 36.0 Å². The summed E-state index contributed by atoms with van der Waals surface area (Å²) in [6.07, 6.45) is -3.03. The van der Waals surface area contributed by atoms with Crippen LogP contribution in [-0.4, -0.2) is 41.1 Å². The lowest BCUT2D eigenvalue weighted by molar-refractivity contribution is -0.137. The monoisotopic (exact) mass is 395 g/mol. The molecule has 1 N–H and O–H groups in total. The zero-order chi connectivity index (χ0) is 19.2. The van der Waals surface area contributed by atoms with Gasteiger partial charge in [0.05, 0.1) is 16.6 Å². The van der Waals surface area contributed by atoms with E-state index in [4.69, 9.17) is 11.6 Å². The van der Waals surface area contributed by atoms with Crippen molar-refractivity contribution in [2.45, 2.75) is 13.1 Å². The Balaban J connectivity index is 1.53. The molecule has 1 saturated heterocycles. The molecule has 2 aromatic heterocycles. The molecule has 1 aromatic carbocycles. The summed E-state index contributed by atoms with van der Waals surface area (Å²) in [7, 11) is 0. The molecular formula is C18H17ClF3N5. The Labute approximate surface area is 158 Å². The Hall–Kier alpha value is -2.48. The van der Waals surface area contributed by atoms with Gasteiger partial charge in [-0.2, -0.15) is 13.2 Å². The van der Waals surface area contributed by atoms with Crippen LogP contribution in [0.25, 0.3) is 11.0 Å². The highest BCUT2D eigenvalue weighted by Gasteiger charge is 2.36. The van der Waals surface area contributed by atoms with E-state index >= 15 is 0 Å². The highest BCUT2D eigenvalue weighted by atomic mass is 35.5. The summed E-state index contributed by atoms with van der Waals surface area (Å²) < 4.78 is 39.7. The molecule has 142 valence electrons. The van der Waals surface area contributed by atoms with E-state index in [1.807, 2.05) is 24.0 Å². The van der Waals surface area contributed by atoms with Crippen molar-refractivity contribution in [3.63, 3.8) is 0 Å². The molecule has 1 fully saturated rings. The van der Waals surface area contributed by atoms with Gasteiger partial charge in [0, 0.05) is 37.4 Å². The van der Waals surface area contributed by atoms with Gasteiger partial charge in [-0.3, -0.25) is 0 Å². The number of pyridine rings is 1. The fraction of sp³-hybridized carbons (Fsp3) is 0.333. The van der Waals surface area contributed by atoms with Crippen LogP contribution >= 0.6 is 11.6 Å². The van der Waals surface area contributed by atoms with Gasteiger partial charge in [-0.1, -0.05) is 11.6 Å². The van der Waals surface area contributed by atoms with Crippen LogP contribution in [0.15, 0.2) is 30.5 Å². The minimum atomic E-state index is -4.42. The normalized spacial score (nSPS) is 15.6. The number of hydrogen-bond acceptors (Lipinski definition) is 4. The third kappa shape index (κ3) is 3.41. The van der Waals surface area contributed by atoms with Gasteiger partial charge in [-0.25, -0.2) is 9.97 Å². The van der Waals surface area contributed by atoms with Crippen LogP contribution in [0.4, 0.5) is 24.9 Å². The van der Waals surface area contributed by atoms with E-state index in [-0.39, 0.29) is 5.82 Å². The highest BCUT2D eigenvalue weighted by molar-refractivity contribution is 6.32. The second kappa shape index (κ2) is 6.60. The number of fused-ring (bicyclic) bond motifs is 1. The van der Waals surface area contributed by atoms with E-state index in [0.717, 1.165) is 22.7 Å². The number of aromatic amines is 1. The molecule has 0 radical (unpaired) electrons. The first-order valence-electron chi connectivity index (χ1n) is 8.51. The molecule has 0 amide bonds. The van der Waals surface area contributed by atoms with Gasteiger partial charge < -0.3 is 14.8 Å². The number of H-pyrrole nitrogens is 1. The van der Waals surface area contributed by atoms with E-state index in [2.05, 4.69) is 15.0 Å². The predicted molar refractivity (Wildman–Crippen MR) is 99.5 cm³/mol. The van der Waals surface area contributed by atoms with Crippen molar-refractivity contribution in [3.8, 4) is 0 Å². The summed E-state index contributed by atoms with van der Waals surface area (Å²) in [5.41, 5.74) is 1.90. The second-order valence-corrected chi connectivity index (χ2v) is 6.93. The maximum Gasteiger partial charge on any atom is 0.419 e. The number of nitrogens with one attached hydrogen (secondary N) is 1. The van der Waals surface area contributed by atoms with Crippen molar-refractivity contribution < 1.29 is 13.2 Å². The van der Waals surface area contributed by atoms with Gasteiger partial charge in [0.1, 0.15) is 5.82 Å². The number of halogens is 4. The molecule has 3 heterocycles. The first kappa shape index (κ1) is 17.9. The molecule has 1 aliphatic heterocycles. The second-order valence-electron chi connectivity index (χ2n) is 6.53. The number of nitrogens with zero attached hydrogens (tertiary/aromatic N) is 4. The molecule has 3 aromatic rings. The van der Waals surface area contributed by atoms with E-state index in [0.29, 0.717) is 37.1 Å². The number of hydrogen-bond donors (Lipinski definition) is 1. The number of imidazole rings is 1. The molecule has 27 heavy (non-hydrogen) atoms. The highest BCUT2D eigenvalue weighted by Crippen LogP contribution is 2.35. The van der Waals surface area contributed by atoms with Crippen LogP contribution < -0.4 is 9.80 Å². The number of aryl methyl sites for hydroxylation is 1. The van der Waals surface area contributed by atoms with Crippen LogP contribution in [0.1, 0.15) is 11.1 Å². The molecule has 0 atom stereocenters. The maximum atomic E-state index is 13.2. The van der Waals surface area contributed by atoms with Crippen molar-refractivity contribution in [3.05, 3.63) is 46.6 Å². The molecule has 0 spiro atoms. The van der Waals surface area contributed by atoms with E-state index in [9.17, 15) is 13.2 Å². The van der Waals surface area contributed by atoms with Crippen LogP contribution in [0.3, 0.4) is 0 Å². The van der Waals surface area contributed by atoms with Crippen LogP contribution in [-0.2, 0) is 6.18 Å². The topological polar surface area (TPSA) is 48.1 Å². The van der Waals surface area contributed by atoms with Gasteiger partial charge in [0.2, 0.25) is 5.95 Å². The van der Waals surface area contributed by atoms with Gasteiger partial charge in [-0.15, -0.1) is 0 Å². The number of rotatable bonds is 2. The smallest absolute Gasteiger partial charge is 0.353 e. The van der Waals surface area contributed by atoms with Gasteiger partial charge in [-0.05, 0) is 36.8 Å². The maximum absolute atomic E-state index is 13.2. The number of aromatic nitrogens is 3. The summed E-state index contributed by atoms with van der Waals surface area (Å²) in [6, 6.07) is 6.13. The van der Waals surface area contributed by atoms with E-state index in [1.165, 1.54) is 12.3 Å². The molecular weight excluding hydrogens is 379 g/mol. The molecule has 0 aliphatic carbocycles. The quantitative estimate of drug-likeness (QED) is 0.704. The molecule has 4 rings (SSSR count). The minimum absolute atomic E-state index is 0.0170. The van der Waals surface area contributed by atoms with E-state index < -0.39 is 11.7 Å². The van der Waals surface area contributed by atoms with Gasteiger partial charge >= 0.3 is 6.18 Å². The van der Waals surface area contributed by atoms with Crippen LogP contribution in [0.5, 0.6) is 0 Å². The Morgan fingerprint density at radius 3 is 2.52 bits per heavy atom. The Morgan fingerprint density at radius 2 is 1.81 bits per heavy atom. The lowest BCUT2D eigenvalue weighted by atomic mass is 10.2. The zero-order valence-corrected chi connectivity index (χ0v) is 15.3. The minimum Gasteiger partial charge on any atom is -0.353 e. The summed E-state index contributed by atoms with van der Waals surface area (Å²) >= 11 is 6.15. The average Bonchev–Trinajstić information content (AvgIpc) is 3.04. The van der Waals surface area contributed by atoms with Gasteiger partial charge in [0.15, 0.2) is 0 Å². The fourth-order valence-corrected chi connectivity index (χ4v) is 3.44.